The first-order valence-electron chi connectivity index (χ1n) is 22.1. The van der Waals surface area contributed by atoms with Crippen LogP contribution in [-0.2, 0) is 27.9 Å². The molecule has 0 bridgehead atoms. The topological polar surface area (TPSA) is 192 Å². The average Bonchev–Trinajstić information content (AvgIpc) is 3.21. The van der Waals surface area contributed by atoms with E-state index in [2.05, 4.69) is 74.6 Å². The quantitative estimate of drug-likeness (QED) is 0.0153. The summed E-state index contributed by atoms with van der Waals surface area (Å²) >= 11 is 0. The molecular weight excluding hydrogens is 763 g/mol. The summed E-state index contributed by atoms with van der Waals surface area (Å²) in [5.41, 5.74) is 0. The monoisotopic (exact) mass is 843 g/mol. The van der Waals surface area contributed by atoms with Crippen LogP contribution in [0.5, 0.6) is 0 Å². The highest BCUT2D eigenvalue weighted by Gasteiger charge is 2.51. The summed E-state index contributed by atoms with van der Waals surface area (Å²) in [6.07, 6.45) is 31.5. The van der Waals surface area contributed by atoms with Crippen molar-refractivity contribution >= 4 is 13.8 Å². The number of allylic oxidation sites excluding steroid dienone is 10. The van der Waals surface area contributed by atoms with Crippen molar-refractivity contribution in [3.05, 3.63) is 60.8 Å². The number of hydrogen-bond donors (Lipinski definition) is 6. The third-order valence-corrected chi connectivity index (χ3v) is 10.9. The van der Waals surface area contributed by atoms with Crippen LogP contribution < -0.4 is 0 Å². The average molecular weight is 843 g/mol. The Labute approximate surface area is 349 Å². The first-order chi connectivity index (χ1) is 28.0. The lowest BCUT2D eigenvalue weighted by molar-refractivity contribution is -0.220. The van der Waals surface area contributed by atoms with E-state index >= 15 is 0 Å². The molecule has 0 spiro atoms. The second-order valence-corrected chi connectivity index (χ2v) is 16.6. The predicted molar refractivity (Wildman–Crippen MR) is 230 cm³/mol. The molecule has 0 radical (unpaired) electrons. The van der Waals surface area contributed by atoms with Crippen molar-refractivity contribution in [2.75, 3.05) is 19.8 Å². The maximum atomic E-state index is 12.8. The van der Waals surface area contributed by atoms with Gasteiger partial charge in [-0.3, -0.25) is 13.8 Å². The molecule has 1 aliphatic rings. The zero-order chi connectivity index (χ0) is 42.7. The summed E-state index contributed by atoms with van der Waals surface area (Å²) < 4.78 is 34.1. The Morgan fingerprint density at radius 2 is 1.02 bits per heavy atom. The van der Waals surface area contributed by atoms with Crippen LogP contribution in [0.15, 0.2) is 60.8 Å². The van der Waals surface area contributed by atoms with Crippen LogP contribution in [0, 0.1) is 0 Å². The lowest BCUT2D eigenvalue weighted by atomic mass is 9.85. The smallest absolute Gasteiger partial charge is 0.457 e. The fourth-order valence-electron chi connectivity index (χ4n) is 6.38. The van der Waals surface area contributed by atoms with Gasteiger partial charge in [-0.05, 0) is 57.8 Å². The van der Waals surface area contributed by atoms with Crippen LogP contribution in [0.25, 0.3) is 0 Å². The van der Waals surface area contributed by atoms with E-state index in [-0.39, 0.29) is 13.0 Å². The third kappa shape index (κ3) is 27.7. The summed E-state index contributed by atoms with van der Waals surface area (Å²) in [5.74, 6) is -0.495. The lowest BCUT2D eigenvalue weighted by Gasteiger charge is -2.41. The van der Waals surface area contributed by atoms with Gasteiger partial charge in [0.15, 0.2) is 0 Å². The second kappa shape index (κ2) is 35.8. The maximum Gasteiger partial charge on any atom is 0.472 e. The molecule has 12 nitrogen and oxygen atoms in total. The van der Waals surface area contributed by atoms with Crippen molar-refractivity contribution in [3.63, 3.8) is 0 Å². The van der Waals surface area contributed by atoms with E-state index in [1.54, 1.807) is 0 Å². The highest BCUT2D eigenvalue weighted by Crippen LogP contribution is 2.47. The van der Waals surface area contributed by atoms with E-state index in [4.69, 9.17) is 18.5 Å². The molecule has 6 atom stereocenters. The van der Waals surface area contributed by atoms with Crippen molar-refractivity contribution in [2.24, 2.45) is 0 Å². The van der Waals surface area contributed by atoms with Gasteiger partial charge in [0.05, 0.1) is 13.2 Å². The Kier molecular flexibility index (Phi) is 33.3. The number of carbonyl (C=O) groups excluding carboxylic acids is 1. The number of unbranched alkanes of at least 4 members (excludes halogenated alkanes) is 14. The predicted octanol–water partition coefficient (Wildman–Crippen LogP) is 8.64. The molecule has 1 rings (SSSR count). The molecule has 6 unspecified atom stereocenters. The highest BCUT2D eigenvalue weighted by atomic mass is 31.2. The van der Waals surface area contributed by atoms with Crippen LogP contribution >= 0.6 is 7.82 Å². The molecule has 0 amide bonds. The van der Waals surface area contributed by atoms with Gasteiger partial charge >= 0.3 is 13.8 Å². The van der Waals surface area contributed by atoms with Crippen molar-refractivity contribution in [2.45, 2.75) is 198 Å². The Balaban J connectivity index is 2.46. The highest BCUT2D eigenvalue weighted by molar-refractivity contribution is 7.47. The number of carbonyl (C=O) groups is 1. The van der Waals surface area contributed by atoms with Gasteiger partial charge in [-0.1, -0.05) is 152 Å². The minimum Gasteiger partial charge on any atom is -0.457 e. The normalized spacial score (nSPS) is 23.2. The summed E-state index contributed by atoms with van der Waals surface area (Å²) in [7, 11) is -5.03. The molecule has 58 heavy (non-hydrogen) atoms. The summed E-state index contributed by atoms with van der Waals surface area (Å²) in [6, 6.07) is 0. The molecular formula is C45H79O12P. The Hall–Kier alpha value is -1.96. The minimum absolute atomic E-state index is 0.107. The van der Waals surface area contributed by atoms with E-state index in [0.29, 0.717) is 13.0 Å². The van der Waals surface area contributed by atoms with Gasteiger partial charge in [-0.15, -0.1) is 0 Å². The number of ether oxygens (including phenoxy) is 2. The summed E-state index contributed by atoms with van der Waals surface area (Å²) in [4.78, 5) is 23.1. The fourth-order valence-corrected chi connectivity index (χ4v) is 7.35. The van der Waals surface area contributed by atoms with Crippen LogP contribution in [0.3, 0.4) is 0 Å². The number of hydrogen-bond acceptors (Lipinski definition) is 11. The molecule has 1 saturated carbocycles. The van der Waals surface area contributed by atoms with Crippen molar-refractivity contribution in [3.8, 4) is 0 Å². The number of aliphatic hydroxyl groups is 5. The fraction of sp³-hybridized carbons (Fsp3) is 0.756. The first kappa shape index (κ1) is 54.1. The SMILES string of the molecule is CC/C=C\C/C=C\C/C=C\C/C=C\C/C=C\CCCCOCC(COP(=O)(O)OC1C(O)C(O)C(O)C(O)C1O)OC(=O)CCCCCCCCCCCCCCC. The Morgan fingerprint density at radius 3 is 1.52 bits per heavy atom. The van der Waals surface area contributed by atoms with E-state index < -0.39 is 63.1 Å². The van der Waals surface area contributed by atoms with Gasteiger partial charge in [0, 0.05) is 13.0 Å². The molecule has 0 aromatic heterocycles. The van der Waals surface area contributed by atoms with Crippen LogP contribution in [0.2, 0.25) is 0 Å². The molecule has 0 heterocycles. The molecule has 0 aliphatic heterocycles. The molecule has 1 aliphatic carbocycles. The van der Waals surface area contributed by atoms with E-state index in [9.17, 15) is 39.8 Å². The van der Waals surface area contributed by atoms with Gasteiger partial charge in [-0.2, -0.15) is 0 Å². The van der Waals surface area contributed by atoms with Crippen LogP contribution in [0.4, 0.5) is 0 Å². The molecule has 0 aromatic rings. The maximum absolute atomic E-state index is 12.8. The van der Waals surface area contributed by atoms with E-state index in [1.807, 2.05) is 0 Å². The number of phosphoric acid groups is 1. The van der Waals surface area contributed by atoms with Gasteiger partial charge < -0.3 is 39.9 Å². The van der Waals surface area contributed by atoms with Gasteiger partial charge in [0.25, 0.3) is 0 Å². The second-order valence-electron chi connectivity index (χ2n) is 15.2. The number of aliphatic hydroxyl groups excluding tert-OH is 5. The van der Waals surface area contributed by atoms with Crippen LogP contribution in [-0.4, -0.2) is 98.9 Å². The van der Waals surface area contributed by atoms with Crippen molar-refractivity contribution < 1.29 is 58.3 Å². The standard InChI is InChI=1S/C45H79O12P/c1-3-5-7-9-11-13-15-17-18-19-20-21-23-25-27-29-31-33-35-54-36-38(37-55-58(52,53)57-45-43(50)41(48)40(47)42(49)44(45)51)56-39(46)34-32-30-28-26-24-22-16-14-12-10-8-6-4-2/h5,7,11,13,17-18,20-21,25,27,38,40-45,47-51H,3-4,6,8-10,12,14-16,19,22-24,26,28-37H2,1-2H3,(H,52,53)/b7-5-,13-11-,18-17-,21-20-,27-25-. The summed E-state index contributed by atoms with van der Waals surface area (Å²) in [5, 5.41) is 50.1. The largest absolute Gasteiger partial charge is 0.472 e. The van der Waals surface area contributed by atoms with Gasteiger partial charge in [0.1, 0.15) is 42.7 Å². The molecule has 0 saturated heterocycles. The van der Waals surface area contributed by atoms with Crippen LogP contribution in [0.1, 0.15) is 155 Å². The molecule has 6 N–H and O–H groups in total. The van der Waals surface area contributed by atoms with E-state index in [0.717, 1.165) is 70.6 Å². The number of rotatable bonds is 36. The minimum atomic E-state index is -5.03. The zero-order valence-electron chi connectivity index (χ0n) is 35.6. The van der Waals surface area contributed by atoms with Gasteiger partial charge in [-0.25, -0.2) is 4.57 Å². The molecule has 336 valence electrons. The van der Waals surface area contributed by atoms with Gasteiger partial charge in [0.2, 0.25) is 0 Å². The number of phosphoric ester groups is 1. The van der Waals surface area contributed by atoms with Crippen molar-refractivity contribution in [1.29, 1.82) is 0 Å². The number of esters is 1. The third-order valence-electron chi connectivity index (χ3n) is 9.90. The Bertz CT molecular complexity index is 1190. The lowest BCUT2D eigenvalue weighted by Crippen LogP contribution is -2.64. The molecule has 1 fully saturated rings. The molecule has 0 aromatic carbocycles. The van der Waals surface area contributed by atoms with E-state index in [1.165, 1.54) is 57.8 Å². The first-order valence-corrected chi connectivity index (χ1v) is 23.6. The Morgan fingerprint density at radius 1 is 0.569 bits per heavy atom. The van der Waals surface area contributed by atoms with Crippen molar-refractivity contribution in [1.82, 2.24) is 0 Å². The molecule has 13 heteroatoms. The summed E-state index contributed by atoms with van der Waals surface area (Å²) in [6.45, 7) is 4.03. The zero-order valence-corrected chi connectivity index (χ0v) is 36.5.